The van der Waals surface area contributed by atoms with Crippen molar-refractivity contribution in [1.29, 1.82) is 0 Å². The van der Waals surface area contributed by atoms with Crippen molar-refractivity contribution in [2.45, 2.75) is 38.1 Å². The number of hydrogen-bond donors (Lipinski definition) is 0. The topological polar surface area (TPSA) is 66.5 Å². The van der Waals surface area contributed by atoms with E-state index in [0.29, 0.717) is 25.2 Å². The molecule has 0 N–H and O–H groups in total. The van der Waals surface area contributed by atoms with Gasteiger partial charge in [-0.05, 0) is 63.4 Å². The van der Waals surface area contributed by atoms with Gasteiger partial charge in [-0.1, -0.05) is 12.1 Å². The molecule has 2 atom stereocenters. The Morgan fingerprint density at radius 3 is 2.31 bits per heavy atom. The van der Waals surface area contributed by atoms with Crippen LogP contribution in [-0.2, 0) is 18.1 Å². The molecule has 29 heavy (non-hydrogen) atoms. The molecule has 2 unspecified atom stereocenters. The van der Waals surface area contributed by atoms with E-state index in [0.717, 1.165) is 49.5 Å². The van der Waals surface area contributed by atoms with Gasteiger partial charge in [0.1, 0.15) is 5.76 Å². The monoisotopic (exact) mass is 429 g/mol. The van der Waals surface area contributed by atoms with Gasteiger partial charge in [0.25, 0.3) is 0 Å². The van der Waals surface area contributed by atoms with Gasteiger partial charge in [0.2, 0.25) is 0 Å². The van der Waals surface area contributed by atoms with Crippen molar-refractivity contribution >= 4 is 7.82 Å². The maximum Gasteiger partial charge on any atom is 0.529 e. The van der Waals surface area contributed by atoms with Crippen LogP contribution >= 0.6 is 7.82 Å². The zero-order chi connectivity index (χ0) is 20.7. The molecule has 7 nitrogen and oxygen atoms in total. The summed E-state index contributed by atoms with van der Waals surface area (Å²) < 4.78 is 38.6. The predicted octanol–water partition coefficient (Wildman–Crippen LogP) is 5.13. The molecule has 2 fully saturated rings. The normalized spacial score (nSPS) is 26.2. The summed E-state index contributed by atoms with van der Waals surface area (Å²) in [6.07, 6.45) is 6.88. The lowest BCUT2D eigenvalue weighted by Gasteiger charge is -2.30. The lowest BCUT2D eigenvalue weighted by molar-refractivity contribution is 0.143. The minimum absolute atomic E-state index is 0. The number of benzene rings is 1. The van der Waals surface area contributed by atoms with Crippen molar-refractivity contribution in [3.8, 4) is 11.5 Å². The Hall–Kier alpha value is -1.53. The van der Waals surface area contributed by atoms with Crippen LogP contribution in [0.5, 0.6) is 11.5 Å². The van der Waals surface area contributed by atoms with Crippen molar-refractivity contribution < 1.29 is 30.5 Å². The number of allylic oxidation sites excluding steroid dienone is 1. The summed E-state index contributed by atoms with van der Waals surface area (Å²) in [5.41, 5.74) is 0. The minimum atomic E-state index is -3.37. The van der Waals surface area contributed by atoms with E-state index in [-0.39, 0.29) is 2.85 Å². The molecule has 2 aliphatic heterocycles. The van der Waals surface area contributed by atoms with Crippen LogP contribution in [0.1, 0.15) is 35.0 Å². The van der Waals surface area contributed by atoms with E-state index in [4.69, 9.17) is 23.0 Å². The van der Waals surface area contributed by atoms with Crippen LogP contribution in [0.15, 0.2) is 36.1 Å². The zero-order valence-corrected chi connectivity index (χ0v) is 18.4. The quantitative estimate of drug-likeness (QED) is 0.615. The van der Waals surface area contributed by atoms with Gasteiger partial charge in [-0.15, -0.1) is 0 Å². The minimum Gasteiger partial charge on any atom is -0.493 e. The van der Waals surface area contributed by atoms with Gasteiger partial charge in [-0.2, -0.15) is 0 Å². The van der Waals surface area contributed by atoms with Crippen LogP contribution in [0.2, 0.25) is 0 Å². The first-order chi connectivity index (χ1) is 14.0. The third-order valence-corrected chi connectivity index (χ3v) is 7.03. The fourth-order valence-electron chi connectivity index (χ4n) is 3.91. The molecule has 1 aromatic carbocycles. The Morgan fingerprint density at radius 1 is 1.10 bits per heavy atom. The Kier molecular flexibility index (Phi) is 8.01. The standard InChI is InChI=1S/C13H22NO4P.C8H10O2.2H2/c1-14-7-6-11-4-5-12(10-13(11)14)18-19(15)16-8-2-3-9-17-19;1-9-7-5-3-4-6-8(7)10-2;;/h5,11,13H,2-4,6-10H2,1H3;3-6H,1-2H3;2*1H. The van der Waals surface area contributed by atoms with Crippen molar-refractivity contribution in [2.75, 3.05) is 41.0 Å². The molecule has 3 aliphatic rings. The van der Waals surface area contributed by atoms with Gasteiger partial charge in [-0.25, -0.2) is 4.57 Å². The fourth-order valence-corrected chi connectivity index (χ4v) is 5.23. The third-order valence-electron chi connectivity index (χ3n) is 5.58. The van der Waals surface area contributed by atoms with Crippen LogP contribution in [0.3, 0.4) is 0 Å². The largest absolute Gasteiger partial charge is 0.529 e. The van der Waals surface area contributed by atoms with Crippen molar-refractivity contribution in [3.05, 3.63) is 36.1 Å². The van der Waals surface area contributed by atoms with Gasteiger partial charge in [-0.3, -0.25) is 9.05 Å². The first-order valence-corrected chi connectivity index (χ1v) is 11.7. The summed E-state index contributed by atoms with van der Waals surface area (Å²) in [7, 11) is 2.02. The Bertz CT molecular complexity index is 715. The van der Waals surface area contributed by atoms with Gasteiger partial charge < -0.3 is 18.9 Å². The Balaban J connectivity index is 0.000000345. The molecular formula is C21H36NO6P. The van der Waals surface area contributed by atoms with Gasteiger partial charge in [0.15, 0.2) is 11.5 Å². The zero-order valence-electron chi connectivity index (χ0n) is 17.5. The smallest absolute Gasteiger partial charge is 0.493 e. The average molecular weight is 429 g/mol. The third kappa shape index (κ3) is 5.98. The maximum absolute atomic E-state index is 12.4. The van der Waals surface area contributed by atoms with E-state index in [1.807, 2.05) is 24.3 Å². The van der Waals surface area contributed by atoms with Crippen molar-refractivity contribution in [2.24, 2.45) is 5.92 Å². The molecule has 1 aliphatic carbocycles. The second-order valence-corrected chi connectivity index (χ2v) is 9.07. The van der Waals surface area contributed by atoms with E-state index >= 15 is 0 Å². The maximum atomic E-state index is 12.4. The van der Waals surface area contributed by atoms with Gasteiger partial charge in [0, 0.05) is 15.3 Å². The first-order valence-electron chi connectivity index (χ1n) is 10.2. The molecule has 8 heteroatoms. The van der Waals surface area contributed by atoms with E-state index < -0.39 is 7.82 Å². The molecule has 4 rings (SSSR count). The van der Waals surface area contributed by atoms with E-state index in [2.05, 4.69) is 18.0 Å². The lowest BCUT2D eigenvalue weighted by atomic mass is 9.89. The van der Waals surface area contributed by atoms with Gasteiger partial charge in [0.05, 0.1) is 27.4 Å². The number of rotatable bonds is 4. The molecule has 2 heterocycles. The van der Waals surface area contributed by atoms with Crippen molar-refractivity contribution in [1.82, 2.24) is 4.90 Å². The van der Waals surface area contributed by atoms with Gasteiger partial charge >= 0.3 is 7.82 Å². The number of likely N-dealkylation sites (tertiary alicyclic amines) is 1. The number of para-hydroxylation sites is 2. The second-order valence-electron chi connectivity index (χ2n) is 7.47. The highest BCUT2D eigenvalue weighted by Gasteiger charge is 2.38. The average Bonchev–Trinajstić information content (AvgIpc) is 2.97. The summed E-state index contributed by atoms with van der Waals surface area (Å²) in [6, 6.07) is 8.04. The van der Waals surface area contributed by atoms with Crippen LogP contribution in [0.4, 0.5) is 0 Å². The molecular weight excluding hydrogens is 393 g/mol. The summed E-state index contributed by atoms with van der Waals surface area (Å²) in [5, 5.41) is 0. The number of ether oxygens (including phenoxy) is 2. The number of nitrogens with zero attached hydrogens (tertiary/aromatic N) is 1. The van der Waals surface area contributed by atoms with E-state index in [9.17, 15) is 4.57 Å². The highest BCUT2D eigenvalue weighted by atomic mass is 31.2. The molecule has 0 radical (unpaired) electrons. The summed E-state index contributed by atoms with van der Waals surface area (Å²) in [6.45, 7) is 2.05. The SMILES string of the molecule is CN1CCC2CC=C(OP3(=O)OCCCCO3)CC21.COc1ccccc1OC.[HH].[HH]. The predicted molar refractivity (Wildman–Crippen MR) is 115 cm³/mol. The molecule has 0 spiro atoms. The van der Waals surface area contributed by atoms with Crippen LogP contribution < -0.4 is 9.47 Å². The fraction of sp³-hybridized carbons (Fsp3) is 0.619. The molecule has 0 bridgehead atoms. The molecule has 2 saturated heterocycles. The molecule has 1 aromatic rings. The number of methoxy groups -OCH3 is 2. The Labute approximate surface area is 176 Å². The Morgan fingerprint density at radius 2 is 1.72 bits per heavy atom. The summed E-state index contributed by atoms with van der Waals surface area (Å²) >= 11 is 0. The summed E-state index contributed by atoms with van der Waals surface area (Å²) in [5.74, 6) is 3.03. The molecule has 0 saturated carbocycles. The molecule has 0 aromatic heterocycles. The van der Waals surface area contributed by atoms with E-state index in [1.165, 1.54) is 6.42 Å². The number of hydrogen-bond acceptors (Lipinski definition) is 7. The van der Waals surface area contributed by atoms with E-state index in [1.54, 1.807) is 14.2 Å². The second kappa shape index (κ2) is 10.5. The lowest BCUT2D eigenvalue weighted by Crippen LogP contribution is -2.31. The summed E-state index contributed by atoms with van der Waals surface area (Å²) in [4.78, 5) is 2.37. The highest BCUT2D eigenvalue weighted by Crippen LogP contribution is 2.54. The van der Waals surface area contributed by atoms with Crippen molar-refractivity contribution in [3.63, 3.8) is 0 Å². The highest BCUT2D eigenvalue weighted by molar-refractivity contribution is 7.48. The van der Waals surface area contributed by atoms with Crippen LogP contribution in [0, 0.1) is 5.92 Å². The van der Waals surface area contributed by atoms with Crippen LogP contribution in [0.25, 0.3) is 0 Å². The first kappa shape index (κ1) is 22.2. The molecule has 0 amide bonds. The number of fused-ring (bicyclic) bond motifs is 1. The number of phosphoric acid groups is 1. The van der Waals surface area contributed by atoms with Crippen LogP contribution in [-0.4, -0.2) is 52.0 Å². The molecule has 166 valence electrons. The number of phosphoric ester groups is 1.